The van der Waals surface area contributed by atoms with E-state index in [1.807, 2.05) is 74.5 Å². The van der Waals surface area contributed by atoms with Crippen LogP contribution in [-0.4, -0.2) is 18.4 Å². The normalized spacial score (nSPS) is 12.9. The number of aliphatic hydroxyl groups is 1. The standard InChI is InChI=1S/C44H46ClNO3Si/c1-43(2,3)50(38-18-8-6-9-19-38,39-20-10-7-11-21-39)49-42(28-25-32-15-12-13-22-40(32)44(4,5)47)34-16-14-17-37(29-34)48-31-36-27-24-33-23-26-35(45)30-41(33)46-36/h6-24,26-27,29-30,42,47H,25,28,31H2,1-5H3/t42-/m1/s1. The summed E-state index contributed by atoms with van der Waals surface area (Å²) in [7, 11) is -2.91. The highest BCUT2D eigenvalue weighted by molar-refractivity contribution is 6.99. The van der Waals surface area contributed by atoms with Crippen LogP contribution in [0.4, 0.5) is 0 Å². The number of aryl methyl sites for hydroxylation is 1. The van der Waals surface area contributed by atoms with Crippen molar-refractivity contribution < 1.29 is 14.3 Å². The Morgan fingerprint density at radius 3 is 2.02 bits per heavy atom. The molecule has 0 amide bonds. The van der Waals surface area contributed by atoms with Gasteiger partial charge in [-0.2, -0.15) is 0 Å². The number of nitrogens with zero attached hydrogens (tertiary/aromatic N) is 1. The Morgan fingerprint density at radius 1 is 0.720 bits per heavy atom. The Bertz CT molecular complexity index is 2000. The topological polar surface area (TPSA) is 51.6 Å². The van der Waals surface area contributed by atoms with Crippen LogP contribution in [0.25, 0.3) is 10.9 Å². The average molecular weight is 700 g/mol. The lowest BCUT2D eigenvalue weighted by Gasteiger charge is -2.45. The molecule has 0 saturated heterocycles. The quantitative estimate of drug-likeness (QED) is 0.129. The van der Waals surface area contributed by atoms with Gasteiger partial charge in [-0.25, -0.2) is 4.98 Å². The predicted octanol–water partition coefficient (Wildman–Crippen LogP) is 9.95. The maximum atomic E-state index is 11.1. The van der Waals surface area contributed by atoms with E-state index in [1.54, 1.807) is 0 Å². The molecule has 1 atom stereocenters. The molecule has 0 bridgehead atoms. The molecule has 0 aliphatic carbocycles. The molecule has 6 rings (SSSR count). The highest BCUT2D eigenvalue weighted by atomic mass is 35.5. The highest BCUT2D eigenvalue weighted by Gasteiger charge is 2.51. The van der Waals surface area contributed by atoms with Crippen LogP contribution in [-0.2, 0) is 23.1 Å². The summed E-state index contributed by atoms with van der Waals surface area (Å²) < 4.78 is 14.2. The lowest BCUT2D eigenvalue weighted by Crippen LogP contribution is -2.66. The molecule has 50 heavy (non-hydrogen) atoms. The zero-order valence-corrected chi connectivity index (χ0v) is 31.3. The van der Waals surface area contributed by atoms with Crippen LogP contribution in [0.15, 0.2) is 140 Å². The van der Waals surface area contributed by atoms with E-state index >= 15 is 0 Å². The fraction of sp³-hybridized carbons (Fsp3) is 0.250. The Labute approximate surface area is 302 Å². The van der Waals surface area contributed by atoms with E-state index in [9.17, 15) is 5.11 Å². The van der Waals surface area contributed by atoms with Gasteiger partial charge in [-0.15, -0.1) is 0 Å². The summed E-state index contributed by atoms with van der Waals surface area (Å²) in [6.45, 7) is 10.9. The van der Waals surface area contributed by atoms with Crippen molar-refractivity contribution in [3.05, 3.63) is 167 Å². The maximum Gasteiger partial charge on any atom is 0.261 e. The number of hydrogen-bond donors (Lipinski definition) is 1. The van der Waals surface area contributed by atoms with Gasteiger partial charge in [-0.05, 0) is 89.1 Å². The van der Waals surface area contributed by atoms with Crippen molar-refractivity contribution in [1.82, 2.24) is 4.98 Å². The molecule has 6 heteroatoms. The molecule has 6 aromatic rings. The van der Waals surface area contributed by atoms with Gasteiger partial charge >= 0.3 is 0 Å². The summed E-state index contributed by atoms with van der Waals surface area (Å²) in [5.74, 6) is 0.753. The first-order valence-corrected chi connectivity index (χ1v) is 19.6. The van der Waals surface area contributed by atoms with Crippen LogP contribution in [0.1, 0.15) is 69.5 Å². The summed E-state index contributed by atoms with van der Waals surface area (Å²) in [4.78, 5) is 4.79. The Kier molecular flexibility index (Phi) is 10.6. The predicted molar refractivity (Wildman–Crippen MR) is 209 cm³/mol. The molecule has 256 valence electrons. The largest absolute Gasteiger partial charge is 0.487 e. The molecule has 5 aromatic carbocycles. The van der Waals surface area contributed by atoms with Gasteiger partial charge < -0.3 is 14.3 Å². The number of pyridine rings is 1. The van der Waals surface area contributed by atoms with E-state index in [0.717, 1.165) is 45.5 Å². The Balaban J connectivity index is 1.39. The number of aromatic nitrogens is 1. The zero-order chi connectivity index (χ0) is 35.4. The van der Waals surface area contributed by atoms with Crippen LogP contribution in [0, 0.1) is 0 Å². The minimum atomic E-state index is -2.91. The second-order valence-electron chi connectivity index (χ2n) is 14.5. The van der Waals surface area contributed by atoms with Crippen LogP contribution < -0.4 is 15.1 Å². The SMILES string of the molecule is CC(C)(O)c1ccccc1CC[C@@H](O[Si](c1ccccc1)(c1ccccc1)C(C)(C)C)c1cccc(OCc2ccc3ccc(Cl)cc3n2)c1. The molecule has 1 aromatic heterocycles. The third-order valence-electron chi connectivity index (χ3n) is 9.42. The monoisotopic (exact) mass is 699 g/mol. The molecular formula is C44H46ClNO3Si. The first-order valence-electron chi connectivity index (χ1n) is 17.3. The van der Waals surface area contributed by atoms with E-state index in [4.69, 9.17) is 25.7 Å². The van der Waals surface area contributed by atoms with E-state index in [1.165, 1.54) is 10.4 Å². The molecule has 0 saturated carbocycles. The number of rotatable bonds is 12. The molecule has 4 nitrogen and oxygen atoms in total. The molecular weight excluding hydrogens is 654 g/mol. The molecule has 0 aliphatic rings. The van der Waals surface area contributed by atoms with E-state index in [2.05, 4.69) is 99.6 Å². The van der Waals surface area contributed by atoms with Gasteiger partial charge in [0, 0.05) is 10.4 Å². The van der Waals surface area contributed by atoms with Crippen molar-refractivity contribution in [2.24, 2.45) is 0 Å². The van der Waals surface area contributed by atoms with Gasteiger partial charge in [-0.1, -0.05) is 142 Å². The number of fused-ring (bicyclic) bond motifs is 1. The first kappa shape index (κ1) is 35.6. The number of hydrogen-bond acceptors (Lipinski definition) is 4. The van der Waals surface area contributed by atoms with Gasteiger partial charge in [0.2, 0.25) is 0 Å². The van der Waals surface area contributed by atoms with Crippen molar-refractivity contribution >= 4 is 41.2 Å². The second-order valence-corrected chi connectivity index (χ2v) is 19.2. The van der Waals surface area contributed by atoms with Crippen LogP contribution in [0.3, 0.4) is 0 Å². The van der Waals surface area contributed by atoms with Crippen LogP contribution >= 0.6 is 11.6 Å². The molecule has 0 radical (unpaired) electrons. The van der Waals surface area contributed by atoms with Crippen LogP contribution in [0.2, 0.25) is 10.1 Å². The summed E-state index contributed by atoms with van der Waals surface area (Å²) >= 11 is 6.25. The van der Waals surface area contributed by atoms with Crippen molar-refractivity contribution in [2.75, 3.05) is 0 Å². The fourth-order valence-corrected chi connectivity index (χ4v) is 11.9. The summed E-state index contributed by atoms with van der Waals surface area (Å²) in [6, 6.07) is 47.8. The van der Waals surface area contributed by atoms with Crippen molar-refractivity contribution in [3.63, 3.8) is 0 Å². The van der Waals surface area contributed by atoms with Gasteiger partial charge in [-0.3, -0.25) is 0 Å². The smallest absolute Gasteiger partial charge is 0.261 e. The van der Waals surface area contributed by atoms with Crippen LogP contribution in [0.5, 0.6) is 5.75 Å². The average Bonchev–Trinajstić information content (AvgIpc) is 3.11. The highest BCUT2D eigenvalue weighted by Crippen LogP contribution is 2.41. The third kappa shape index (κ3) is 7.87. The first-order chi connectivity index (χ1) is 23.9. The second kappa shape index (κ2) is 14.9. The number of halogens is 1. The summed E-state index contributed by atoms with van der Waals surface area (Å²) in [5.41, 5.74) is 3.82. The number of benzene rings is 5. The lowest BCUT2D eigenvalue weighted by atomic mass is 9.90. The van der Waals surface area contributed by atoms with Gasteiger partial charge in [0.05, 0.1) is 22.9 Å². The Morgan fingerprint density at radius 2 is 1.36 bits per heavy atom. The van der Waals surface area contributed by atoms with Gasteiger partial charge in [0.25, 0.3) is 8.32 Å². The third-order valence-corrected chi connectivity index (χ3v) is 14.7. The Hall–Kier alpha value is -4.26. The van der Waals surface area contributed by atoms with E-state index in [0.29, 0.717) is 18.1 Å². The minimum absolute atomic E-state index is 0.197. The molecule has 1 N–H and O–H groups in total. The number of ether oxygens (including phenoxy) is 1. The minimum Gasteiger partial charge on any atom is -0.487 e. The van der Waals surface area contributed by atoms with E-state index < -0.39 is 13.9 Å². The van der Waals surface area contributed by atoms with Gasteiger partial charge in [0.1, 0.15) is 12.4 Å². The summed E-state index contributed by atoms with van der Waals surface area (Å²) in [6.07, 6.45) is 1.19. The fourth-order valence-electron chi connectivity index (χ4n) is 6.99. The van der Waals surface area contributed by atoms with Gasteiger partial charge in [0.15, 0.2) is 0 Å². The molecule has 0 unspecified atom stereocenters. The maximum absolute atomic E-state index is 11.1. The van der Waals surface area contributed by atoms with E-state index in [-0.39, 0.29) is 11.1 Å². The molecule has 0 spiro atoms. The molecule has 1 heterocycles. The van der Waals surface area contributed by atoms with Crippen molar-refractivity contribution in [2.45, 2.75) is 70.8 Å². The molecule has 0 fully saturated rings. The van der Waals surface area contributed by atoms with Crippen molar-refractivity contribution in [3.8, 4) is 5.75 Å². The summed E-state index contributed by atoms with van der Waals surface area (Å²) in [5, 5.41) is 15.0. The van der Waals surface area contributed by atoms with Crippen molar-refractivity contribution in [1.29, 1.82) is 0 Å². The molecule has 0 aliphatic heterocycles. The zero-order valence-electron chi connectivity index (χ0n) is 29.6. The lowest BCUT2D eigenvalue weighted by molar-refractivity contribution is 0.0773.